The fraction of sp³-hybridized carbons (Fsp3) is 1.00. The van der Waals surface area contributed by atoms with Crippen molar-refractivity contribution in [2.24, 2.45) is 0 Å². The molecule has 0 aromatic rings. The van der Waals surface area contributed by atoms with Crippen molar-refractivity contribution < 1.29 is 39.4 Å². The van der Waals surface area contributed by atoms with Gasteiger partial charge in [-0.2, -0.15) is 16.8 Å². The average Bonchev–Trinajstić information content (AvgIpc) is 2.32. The van der Waals surface area contributed by atoms with Gasteiger partial charge >= 0.3 is 0 Å². The summed E-state index contributed by atoms with van der Waals surface area (Å²) in [6, 6.07) is 0. The van der Waals surface area contributed by atoms with E-state index in [2.05, 4.69) is 0 Å². The topological polar surface area (TPSA) is 114 Å². The van der Waals surface area contributed by atoms with Crippen LogP contribution in [0.4, 0.5) is 0 Å². The summed E-state index contributed by atoms with van der Waals surface area (Å²) in [5.41, 5.74) is -1.25. The van der Waals surface area contributed by atoms with E-state index >= 15 is 0 Å². The number of hydrogen-bond donors (Lipinski definition) is 0. The van der Waals surface area contributed by atoms with Crippen molar-refractivity contribution in [2.45, 2.75) is 43.2 Å². The zero-order chi connectivity index (χ0) is 16.7. The van der Waals surface area contributed by atoms with Crippen LogP contribution in [0.15, 0.2) is 0 Å². The Labute approximate surface area is 134 Å². The number of ether oxygens (including phenoxy) is 3. The van der Waals surface area contributed by atoms with Crippen molar-refractivity contribution in [3.63, 3.8) is 0 Å². The summed E-state index contributed by atoms with van der Waals surface area (Å²) in [5.74, 6) is 0. The lowest BCUT2D eigenvalue weighted by Crippen LogP contribution is -2.63. The van der Waals surface area contributed by atoms with E-state index in [1.165, 1.54) is 0 Å². The zero-order valence-electron chi connectivity index (χ0n) is 12.0. The molecule has 2 fully saturated rings. The monoisotopic (exact) mass is 380 g/mol. The van der Waals surface area contributed by atoms with Crippen LogP contribution < -0.4 is 0 Å². The fourth-order valence-corrected chi connectivity index (χ4v) is 3.90. The van der Waals surface area contributed by atoms with E-state index in [1.54, 1.807) is 6.92 Å². The Morgan fingerprint density at radius 2 is 1.55 bits per heavy atom. The van der Waals surface area contributed by atoms with Gasteiger partial charge in [0.2, 0.25) is 0 Å². The van der Waals surface area contributed by atoms with Gasteiger partial charge in [-0.25, -0.2) is 0 Å². The summed E-state index contributed by atoms with van der Waals surface area (Å²) in [6.07, 6.45) is -3.25. The highest BCUT2D eigenvalue weighted by Gasteiger charge is 2.52. The smallest absolute Gasteiger partial charge is 0.264 e. The molecule has 130 valence electrons. The Balaban J connectivity index is 2.32. The lowest BCUT2D eigenvalue weighted by atomic mass is 9.99. The van der Waals surface area contributed by atoms with E-state index in [1.807, 2.05) is 0 Å². The molecule has 0 amide bonds. The molecular weight excluding hydrogens is 364 g/mol. The second-order valence-corrected chi connectivity index (χ2v) is 8.69. The van der Waals surface area contributed by atoms with Crippen LogP contribution in [0.5, 0.6) is 0 Å². The molecule has 0 aliphatic carbocycles. The van der Waals surface area contributed by atoms with Crippen molar-refractivity contribution in [1.29, 1.82) is 0 Å². The molecule has 0 N–H and O–H groups in total. The first-order valence-electron chi connectivity index (χ1n) is 6.29. The number of fused-ring (bicyclic) bond motifs is 1. The highest BCUT2D eigenvalue weighted by Crippen LogP contribution is 2.34. The largest absolute Gasteiger partial charge is 0.351 e. The third kappa shape index (κ3) is 4.74. The van der Waals surface area contributed by atoms with Crippen LogP contribution in [0.25, 0.3) is 0 Å². The van der Waals surface area contributed by atoms with Gasteiger partial charge in [-0.3, -0.25) is 8.37 Å². The van der Waals surface area contributed by atoms with Crippen LogP contribution in [0.1, 0.15) is 6.92 Å². The van der Waals surface area contributed by atoms with E-state index in [-0.39, 0.29) is 6.61 Å². The van der Waals surface area contributed by atoms with E-state index < -0.39 is 56.5 Å². The number of hydrogen-bond acceptors (Lipinski definition) is 9. The SMILES string of the molecule is CC1OC[C@H]2O[C@H](Cl)[C@H](OS(C)(=O)=O)[C@@H](OS(C)(=O)=O)[C@@H]2O1. The quantitative estimate of drug-likeness (QED) is 0.465. The molecule has 0 radical (unpaired) electrons. The molecule has 2 saturated heterocycles. The molecule has 2 aliphatic heterocycles. The molecule has 0 spiro atoms. The Bertz CT molecular complexity index is 604. The second kappa shape index (κ2) is 6.48. The minimum atomic E-state index is -3.92. The van der Waals surface area contributed by atoms with Gasteiger partial charge < -0.3 is 14.2 Å². The minimum Gasteiger partial charge on any atom is -0.351 e. The van der Waals surface area contributed by atoms with Gasteiger partial charge in [0.05, 0.1) is 19.1 Å². The molecule has 12 heteroatoms. The first-order chi connectivity index (χ1) is 9.96. The van der Waals surface area contributed by atoms with E-state index in [0.29, 0.717) is 0 Å². The third-order valence-electron chi connectivity index (χ3n) is 2.99. The molecule has 0 saturated carbocycles. The molecule has 0 aromatic heterocycles. The molecular formula is C10H17ClO9S2. The first-order valence-corrected chi connectivity index (χ1v) is 10.4. The zero-order valence-corrected chi connectivity index (χ0v) is 14.4. The van der Waals surface area contributed by atoms with E-state index in [9.17, 15) is 16.8 Å². The van der Waals surface area contributed by atoms with Gasteiger partial charge in [-0.05, 0) is 6.92 Å². The maximum absolute atomic E-state index is 11.5. The summed E-state index contributed by atoms with van der Waals surface area (Å²) in [5, 5.41) is 0. The number of rotatable bonds is 4. The molecule has 0 aromatic carbocycles. The first kappa shape index (κ1) is 18.3. The van der Waals surface area contributed by atoms with Crippen LogP contribution in [-0.2, 0) is 42.8 Å². The lowest BCUT2D eigenvalue weighted by Gasteiger charge is -2.46. The fourth-order valence-electron chi connectivity index (χ4n) is 2.27. The third-order valence-corrected chi connectivity index (χ3v) is 4.49. The standard InChI is InChI=1S/C10H17ClO9S2/c1-5-16-4-6-7(17-5)8(19-21(2,12)13)9(10(11)18-6)20-22(3,14)15/h5-10H,4H2,1-3H3/t5?,6-,7-,8+,9-,10+/m1/s1. The highest BCUT2D eigenvalue weighted by molar-refractivity contribution is 7.86. The van der Waals surface area contributed by atoms with Crippen molar-refractivity contribution in [3.8, 4) is 0 Å². The summed E-state index contributed by atoms with van der Waals surface area (Å²) < 4.78 is 71.6. The maximum Gasteiger partial charge on any atom is 0.264 e. The molecule has 22 heavy (non-hydrogen) atoms. The molecule has 0 bridgehead atoms. The minimum absolute atomic E-state index is 0.101. The predicted molar refractivity (Wildman–Crippen MR) is 74.2 cm³/mol. The van der Waals surface area contributed by atoms with Crippen LogP contribution in [0.2, 0.25) is 0 Å². The molecule has 2 rings (SSSR count). The maximum atomic E-state index is 11.5. The van der Waals surface area contributed by atoms with Crippen LogP contribution >= 0.6 is 11.6 Å². The Hall–Kier alpha value is -0.0100. The Morgan fingerprint density at radius 1 is 1.00 bits per heavy atom. The molecule has 1 unspecified atom stereocenters. The predicted octanol–water partition coefficient (Wildman–Crippen LogP) is -0.599. The van der Waals surface area contributed by atoms with Crippen LogP contribution in [-0.4, -0.2) is 72.2 Å². The van der Waals surface area contributed by atoms with Gasteiger partial charge in [0, 0.05) is 0 Å². The highest BCUT2D eigenvalue weighted by atomic mass is 35.5. The Morgan fingerprint density at radius 3 is 2.09 bits per heavy atom. The van der Waals surface area contributed by atoms with Crippen molar-refractivity contribution in [3.05, 3.63) is 0 Å². The van der Waals surface area contributed by atoms with Crippen LogP contribution in [0.3, 0.4) is 0 Å². The summed E-state index contributed by atoms with van der Waals surface area (Å²) in [6.45, 7) is 1.71. The van der Waals surface area contributed by atoms with Gasteiger partial charge in [0.1, 0.15) is 24.4 Å². The van der Waals surface area contributed by atoms with Crippen LogP contribution in [0, 0.1) is 0 Å². The van der Waals surface area contributed by atoms with E-state index in [0.717, 1.165) is 12.5 Å². The van der Waals surface area contributed by atoms with E-state index in [4.69, 9.17) is 34.2 Å². The summed E-state index contributed by atoms with van der Waals surface area (Å²) in [7, 11) is -7.84. The second-order valence-electron chi connectivity index (χ2n) is 5.06. The molecule has 2 aliphatic rings. The Kier molecular flexibility index (Phi) is 5.40. The number of alkyl halides is 1. The molecule has 9 nitrogen and oxygen atoms in total. The lowest BCUT2D eigenvalue weighted by molar-refractivity contribution is -0.304. The average molecular weight is 381 g/mol. The van der Waals surface area contributed by atoms with Crippen molar-refractivity contribution in [1.82, 2.24) is 0 Å². The van der Waals surface area contributed by atoms with Gasteiger partial charge in [-0.1, -0.05) is 11.6 Å². The summed E-state index contributed by atoms with van der Waals surface area (Å²) in [4.78, 5) is 0. The number of halogens is 1. The van der Waals surface area contributed by atoms with Gasteiger partial charge in [0.25, 0.3) is 20.2 Å². The normalized spacial score (nSPS) is 40.2. The van der Waals surface area contributed by atoms with Crippen molar-refractivity contribution >= 4 is 31.8 Å². The van der Waals surface area contributed by atoms with Gasteiger partial charge in [0.15, 0.2) is 11.9 Å². The summed E-state index contributed by atoms with van der Waals surface area (Å²) >= 11 is 5.97. The molecule has 2 heterocycles. The van der Waals surface area contributed by atoms with Crippen molar-refractivity contribution in [2.75, 3.05) is 19.1 Å². The molecule has 6 atom stereocenters. The van der Waals surface area contributed by atoms with Gasteiger partial charge in [-0.15, -0.1) is 0 Å².